The Balaban J connectivity index is 1.85. The molecule has 1 saturated heterocycles. The first-order valence-electron chi connectivity index (χ1n) is 6.32. The third kappa shape index (κ3) is 4.24. The molecule has 19 heavy (non-hydrogen) atoms. The van der Waals surface area contributed by atoms with Gasteiger partial charge in [-0.05, 0) is 18.9 Å². The molecule has 104 valence electrons. The average Bonchev–Trinajstić information content (AvgIpc) is 2.46. The van der Waals surface area contributed by atoms with E-state index in [2.05, 4.69) is 15.5 Å². The summed E-state index contributed by atoms with van der Waals surface area (Å²) < 4.78 is 5.72. The molecule has 6 nitrogen and oxygen atoms in total. The lowest BCUT2D eigenvalue weighted by Crippen LogP contribution is -2.48. The van der Waals surface area contributed by atoms with Crippen LogP contribution in [-0.4, -0.2) is 52.7 Å². The molecule has 1 N–H and O–H groups in total. The van der Waals surface area contributed by atoms with Crippen LogP contribution in [0.1, 0.15) is 12.8 Å². The second kappa shape index (κ2) is 7.13. The highest BCUT2D eigenvalue weighted by molar-refractivity contribution is 6.18. The smallest absolute Gasteiger partial charge is 0.317 e. The van der Waals surface area contributed by atoms with Gasteiger partial charge in [0.05, 0.1) is 6.54 Å². The molecule has 1 aromatic heterocycles. The van der Waals surface area contributed by atoms with E-state index in [1.165, 1.54) is 0 Å². The molecule has 1 fully saturated rings. The molecule has 1 aromatic rings. The summed E-state index contributed by atoms with van der Waals surface area (Å²) in [6.45, 7) is 1.78. The molecule has 0 aliphatic carbocycles. The lowest BCUT2D eigenvalue weighted by atomic mass is 10.1. The third-order valence-corrected chi connectivity index (χ3v) is 3.06. The fraction of sp³-hybridized carbons (Fsp3) is 0.583. The average molecular weight is 285 g/mol. The highest BCUT2D eigenvalue weighted by Gasteiger charge is 2.24. The number of amides is 2. The van der Waals surface area contributed by atoms with Gasteiger partial charge in [-0.15, -0.1) is 16.7 Å². The number of urea groups is 1. The molecule has 1 aliphatic rings. The summed E-state index contributed by atoms with van der Waals surface area (Å²) in [5.74, 6) is 0.912. The van der Waals surface area contributed by atoms with Gasteiger partial charge in [0.1, 0.15) is 6.10 Å². The van der Waals surface area contributed by atoms with Crippen LogP contribution in [0.3, 0.4) is 0 Å². The summed E-state index contributed by atoms with van der Waals surface area (Å²) >= 11 is 5.55. The SMILES string of the molecule is O=C(NCCCl)N1CCCC(Oc2cccnn2)C1. The van der Waals surface area contributed by atoms with Gasteiger partial charge in [-0.3, -0.25) is 0 Å². The van der Waals surface area contributed by atoms with Gasteiger partial charge in [-0.1, -0.05) is 0 Å². The number of nitrogens with one attached hydrogen (secondary N) is 1. The Morgan fingerprint density at radius 2 is 2.53 bits per heavy atom. The maximum absolute atomic E-state index is 11.8. The molecule has 0 bridgehead atoms. The van der Waals surface area contributed by atoms with Crippen LogP contribution < -0.4 is 10.1 Å². The Labute approximate surface area is 117 Å². The molecule has 1 aliphatic heterocycles. The largest absolute Gasteiger partial charge is 0.471 e. The number of piperidine rings is 1. The Morgan fingerprint density at radius 1 is 1.63 bits per heavy atom. The molecule has 1 atom stereocenters. The van der Waals surface area contributed by atoms with Crippen LogP contribution in [0.2, 0.25) is 0 Å². The van der Waals surface area contributed by atoms with Crippen LogP contribution >= 0.6 is 11.6 Å². The van der Waals surface area contributed by atoms with Crippen molar-refractivity contribution in [3.63, 3.8) is 0 Å². The second-order valence-corrected chi connectivity index (χ2v) is 4.69. The van der Waals surface area contributed by atoms with Crippen molar-refractivity contribution in [3.8, 4) is 5.88 Å². The van der Waals surface area contributed by atoms with Gasteiger partial charge in [0.25, 0.3) is 0 Å². The van der Waals surface area contributed by atoms with E-state index < -0.39 is 0 Å². The number of carbonyl (C=O) groups is 1. The maximum atomic E-state index is 11.8. The number of alkyl halides is 1. The van der Waals surface area contributed by atoms with Crippen LogP contribution in [0.25, 0.3) is 0 Å². The summed E-state index contributed by atoms with van der Waals surface area (Å²) in [7, 11) is 0. The number of nitrogens with zero attached hydrogens (tertiary/aromatic N) is 3. The Morgan fingerprint density at radius 3 is 3.26 bits per heavy atom. The van der Waals surface area contributed by atoms with E-state index in [1.807, 2.05) is 0 Å². The minimum Gasteiger partial charge on any atom is -0.471 e. The van der Waals surface area contributed by atoms with E-state index in [1.54, 1.807) is 23.2 Å². The topological polar surface area (TPSA) is 67.4 Å². The Kier molecular flexibility index (Phi) is 5.20. The van der Waals surface area contributed by atoms with Gasteiger partial charge in [-0.25, -0.2) is 4.79 Å². The minimum atomic E-state index is -0.0897. The number of ether oxygens (including phenoxy) is 1. The fourth-order valence-electron chi connectivity index (χ4n) is 2.01. The van der Waals surface area contributed by atoms with Crippen LogP contribution in [-0.2, 0) is 0 Å². The highest BCUT2D eigenvalue weighted by atomic mass is 35.5. The van der Waals surface area contributed by atoms with Crippen LogP contribution in [0, 0.1) is 0 Å². The molecule has 0 aromatic carbocycles. The molecule has 0 spiro atoms. The molecule has 0 saturated carbocycles. The molecular formula is C12H17ClN4O2. The van der Waals surface area contributed by atoms with Crippen molar-refractivity contribution in [1.82, 2.24) is 20.4 Å². The number of aromatic nitrogens is 2. The summed E-state index contributed by atoms with van der Waals surface area (Å²) in [5, 5.41) is 10.4. The predicted molar refractivity (Wildman–Crippen MR) is 71.4 cm³/mol. The monoisotopic (exact) mass is 284 g/mol. The normalized spacial score (nSPS) is 19.0. The first-order chi connectivity index (χ1) is 9.29. The molecule has 1 unspecified atom stereocenters. The number of likely N-dealkylation sites (tertiary alicyclic amines) is 1. The molecule has 7 heteroatoms. The van der Waals surface area contributed by atoms with Crippen LogP contribution in [0.4, 0.5) is 4.79 Å². The quantitative estimate of drug-likeness (QED) is 0.846. The second-order valence-electron chi connectivity index (χ2n) is 4.31. The van der Waals surface area contributed by atoms with Crippen molar-refractivity contribution in [2.75, 3.05) is 25.5 Å². The van der Waals surface area contributed by atoms with Crippen molar-refractivity contribution < 1.29 is 9.53 Å². The van der Waals surface area contributed by atoms with E-state index in [-0.39, 0.29) is 12.1 Å². The first kappa shape index (κ1) is 13.9. The zero-order valence-electron chi connectivity index (χ0n) is 10.6. The Hall–Kier alpha value is -1.56. The van der Waals surface area contributed by atoms with Gasteiger partial charge < -0.3 is 15.0 Å². The lowest BCUT2D eigenvalue weighted by molar-refractivity contribution is 0.0972. The summed E-state index contributed by atoms with van der Waals surface area (Å²) in [4.78, 5) is 13.6. The lowest BCUT2D eigenvalue weighted by Gasteiger charge is -2.32. The van der Waals surface area contributed by atoms with E-state index in [9.17, 15) is 4.79 Å². The van der Waals surface area contributed by atoms with E-state index in [4.69, 9.17) is 16.3 Å². The first-order valence-corrected chi connectivity index (χ1v) is 6.86. The van der Waals surface area contributed by atoms with E-state index in [0.29, 0.717) is 24.8 Å². The zero-order valence-corrected chi connectivity index (χ0v) is 11.3. The van der Waals surface area contributed by atoms with Crippen molar-refractivity contribution in [2.45, 2.75) is 18.9 Å². The van der Waals surface area contributed by atoms with Crippen molar-refractivity contribution in [1.29, 1.82) is 0 Å². The van der Waals surface area contributed by atoms with Crippen LogP contribution in [0.15, 0.2) is 18.3 Å². The summed E-state index contributed by atoms with van der Waals surface area (Å²) in [5.41, 5.74) is 0. The van der Waals surface area contributed by atoms with E-state index >= 15 is 0 Å². The Bertz CT molecular complexity index is 404. The molecule has 0 radical (unpaired) electrons. The van der Waals surface area contributed by atoms with Gasteiger partial charge >= 0.3 is 6.03 Å². The van der Waals surface area contributed by atoms with Crippen molar-refractivity contribution in [3.05, 3.63) is 18.3 Å². The number of carbonyl (C=O) groups excluding carboxylic acids is 1. The number of hydrogen-bond donors (Lipinski definition) is 1. The summed E-state index contributed by atoms with van der Waals surface area (Å²) in [6.07, 6.45) is 3.39. The van der Waals surface area contributed by atoms with Gasteiger partial charge in [0.2, 0.25) is 5.88 Å². The van der Waals surface area contributed by atoms with Crippen molar-refractivity contribution in [2.24, 2.45) is 0 Å². The standard InChI is InChI=1S/C12H17ClN4O2/c13-5-7-14-12(18)17-8-2-3-10(9-17)19-11-4-1-6-15-16-11/h1,4,6,10H,2-3,5,7-9H2,(H,14,18). The molecule has 2 amide bonds. The van der Waals surface area contributed by atoms with Gasteiger partial charge in [-0.2, -0.15) is 5.10 Å². The number of hydrogen-bond acceptors (Lipinski definition) is 4. The number of halogens is 1. The zero-order chi connectivity index (χ0) is 13.5. The van der Waals surface area contributed by atoms with Gasteiger partial charge in [0.15, 0.2) is 0 Å². The van der Waals surface area contributed by atoms with Crippen molar-refractivity contribution >= 4 is 17.6 Å². The molecular weight excluding hydrogens is 268 g/mol. The molecule has 2 heterocycles. The maximum Gasteiger partial charge on any atom is 0.317 e. The number of rotatable bonds is 4. The summed E-state index contributed by atoms with van der Waals surface area (Å²) in [6, 6.07) is 3.45. The minimum absolute atomic E-state index is 0.0350. The highest BCUT2D eigenvalue weighted by Crippen LogP contribution is 2.15. The molecule has 2 rings (SSSR count). The van der Waals surface area contributed by atoms with Crippen LogP contribution in [0.5, 0.6) is 5.88 Å². The van der Waals surface area contributed by atoms with E-state index in [0.717, 1.165) is 19.4 Å². The van der Waals surface area contributed by atoms with Gasteiger partial charge in [0, 0.05) is 31.2 Å². The third-order valence-electron chi connectivity index (χ3n) is 2.87. The fourth-order valence-corrected chi connectivity index (χ4v) is 2.10. The predicted octanol–water partition coefficient (Wildman–Crippen LogP) is 1.27.